The average molecular weight is 254 g/mol. The first-order valence-electron chi connectivity index (χ1n) is 4.47. The molecule has 0 spiro atoms. The third-order valence-corrected chi connectivity index (χ3v) is 2.34. The second kappa shape index (κ2) is 5.61. The molecule has 0 unspecified atom stereocenters. The second-order valence-electron chi connectivity index (χ2n) is 3.03. The summed E-state index contributed by atoms with van der Waals surface area (Å²) in [5.41, 5.74) is 1.12. The van der Waals surface area contributed by atoms with Crippen LogP contribution in [0.25, 0.3) is 0 Å². The van der Waals surface area contributed by atoms with Crippen LogP contribution in [0.4, 0.5) is 5.82 Å². The highest BCUT2D eigenvalue weighted by atomic mass is 79.9. The maximum Gasteiger partial charge on any atom is 0.140 e. The highest BCUT2D eigenvalue weighted by Crippen LogP contribution is 2.20. The van der Waals surface area contributed by atoms with E-state index >= 15 is 0 Å². The van der Waals surface area contributed by atoms with Gasteiger partial charge in [0.25, 0.3) is 0 Å². The molecule has 0 saturated heterocycles. The van der Waals surface area contributed by atoms with Crippen molar-refractivity contribution in [3.05, 3.63) is 22.3 Å². The van der Waals surface area contributed by atoms with Gasteiger partial charge in [-0.05, 0) is 40.9 Å². The maximum atomic E-state index is 8.35. The zero-order chi connectivity index (χ0) is 10.4. The van der Waals surface area contributed by atoms with E-state index in [-0.39, 0.29) is 0 Å². The largest absolute Gasteiger partial charge is 0.369 e. The van der Waals surface area contributed by atoms with Crippen molar-refractivity contribution in [2.24, 2.45) is 0 Å². The average Bonchev–Trinajstić information content (AvgIpc) is 2.15. The van der Waals surface area contributed by atoms with Gasteiger partial charge in [0.1, 0.15) is 5.82 Å². The lowest BCUT2D eigenvalue weighted by Gasteiger charge is -2.06. The topological polar surface area (TPSA) is 48.7 Å². The number of hydrogen-bond donors (Lipinski definition) is 1. The number of anilines is 1. The number of aromatic nitrogens is 1. The predicted octanol–water partition coefficient (Wildman–Crippen LogP) is 2.87. The van der Waals surface area contributed by atoms with E-state index in [0.29, 0.717) is 6.42 Å². The SMILES string of the molecule is Cc1cnc(NCCCC#N)c(Br)c1. The monoisotopic (exact) mass is 253 g/mol. The molecule has 0 atom stereocenters. The van der Waals surface area contributed by atoms with E-state index in [1.807, 2.05) is 19.2 Å². The van der Waals surface area contributed by atoms with Crippen LogP contribution in [0, 0.1) is 18.3 Å². The van der Waals surface area contributed by atoms with Crippen molar-refractivity contribution in [3.63, 3.8) is 0 Å². The van der Waals surface area contributed by atoms with Crippen molar-refractivity contribution in [1.82, 2.24) is 4.98 Å². The Morgan fingerprint density at radius 2 is 2.43 bits per heavy atom. The third kappa shape index (κ3) is 3.35. The Balaban J connectivity index is 2.47. The van der Waals surface area contributed by atoms with E-state index < -0.39 is 0 Å². The Bertz CT molecular complexity index is 344. The van der Waals surface area contributed by atoms with E-state index in [0.717, 1.165) is 28.8 Å². The van der Waals surface area contributed by atoms with Crippen LogP contribution in [0.1, 0.15) is 18.4 Å². The molecule has 1 aromatic rings. The molecule has 0 aromatic carbocycles. The first-order chi connectivity index (χ1) is 6.74. The van der Waals surface area contributed by atoms with Crippen LogP contribution < -0.4 is 5.32 Å². The number of halogens is 1. The minimum absolute atomic E-state index is 0.580. The van der Waals surface area contributed by atoms with E-state index in [9.17, 15) is 0 Å². The van der Waals surface area contributed by atoms with Crippen LogP contribution in [-0.2, 0) is 0 Å². The fraction of sp³-hybridized carbons (Fsp3) is 0.400. The smallest absolute Gasteiger partial charge is 0.140 e. The summed E-state index contributed by atoms with van der Waals surface area (Å²) in [6, 6.07) is 4.12. The van der Waals surface area contributed by atoms with Crippen molar-refractivity contribution in [2.75, 3.05) is 11.9 Å². The first-order valence-corrected chi connectivity index (χ1v) is 5.26. The van der Waals surface area contributed by atoms with Crippen molar-refractivity contribution >= 4 is 21.7 Å². The number of hydrogen-bond acceptors (Lipinski definition) is 3. The molecule has 0 aliphatic heterocycles. The number of nitrogens with zero attached hydrogens (tertiary/aromatic N) is 2. The molecule has 0 aliphatic carbocycles. The lowest BCUT2D eigenvalue weighted by Crippen LogP contribution is -2.03. The van der Waals surface area contributed by atoms with Gasteiger partial charge in [-0.1, -0.05) is 0 Å². The molecule has 3 nitrogen and oxygen atoms in total. The summed E-state index contributed by atoms with van der Waals surface area (Å²) in [4.78, 5) is 4.23. The molecule has 0 aliphatic rings. The molecule has 0 saturated carbocycles. The Labute approximate surface area is 92.3 Å². The summed E-state index contributed by atoms with van der Waals surface area (Å²) in [5, 5.41) is 11.5. The lowest BCUT2D eigenvalue weighted by molar-refractivity contribution is 0.891. The van der Waals surface area contributed by atoms with Crippen molar-refractivity contribution in [3.8, 4) is 6.07 Å². The summed E-state index contributed by atoms with van der Waals surface area (Å²) in [5.74, 6) is 0.841. The molecule has 1 heterocycles. The lowest BCUT2D eigenvalue weighted by atomic mass is 10.3. The van der Waals surface area contributed by atoms with Crippen molar-refractivity contribution in [2.45, 2.75) is 19.8 Å². The molecule has 1 aromatic heterocycles. The van der Waals surface area contributed by atoms with Crippen LogP contribution in [-0.4, -0.2) is 11.5 Å². The van der Waals surface area contributed by atoms with E-state index in [1.54, 1.807) is 0 Å². The molecule has 1 N–H and O–H groups in total. The summed E-state index contributed by atoms with van der Waals surface area (Å²) < 4.78 is 0.967. The van der Waals surface area contributed by atoms with Gasteiger partial charge in [0.05, 0.1) is 10.5 Å². The van der Waals surface area contributed by atoms with Gasteiger partial charge in [0.2, 0.25) is 0 Å². The van der Waals surface area contributed by atoms with Crippen molar-refractivity contribution < 1.29 is 0 Å². The van der Waals surface area contributed by atoms with Crippen LogP contribution >= 0.6 is 15.9 Å². The van der Waals surface area contributed by atoms with Gasteiger partial charge in [-0.3, -0.25) is 0 Å². The van der Waals surface area contributed by atoms with Gasteiger partial charge >= 0.3 is 0 Å². The molecule has 0 radical (unpaired) electrons. The highest BCUT2D eigenvalue weighted by Gasteiger charge is 1.99. The minimum Gasteiger partial charge on any atom is -0.369 e. The molecule has 74 valence electrons. The number of pyridine rings is 1. The van der Waals surface area contributed by atoms with E-state index in [1.165, 1.54) is 0 Å². The summed E-state index contributed by atoms with van der Waals surface area (Å²) >= 11 is 3.43. The van der Waals surface area contributed by atoms with Gasteiger partial charge < -0.3 is 5.32 Å². The van der Waals surface area contributed by atoms with Gasteiger partial charge in [0.15, 0.2) is 0 Å². The van der Waals surface area contributed by atoms with Crippen LogP contribution in [0.5, 0.6) is 0 Å². The zero-order valence-corrected chi connectivity index (χ0v) is 9.63. The van der Waals surface area contributed by atoms with Crippen molar-refractivity contribution in [1.29, 1.82) is 5.26 Å². The van der Waals surface area contributed by atoms with E-state index in [4.69, 9.17) is 5.26 Å². The molecule has 14 heavy (non-hydrogen) atoms. The molecule has 1 rings (SSSR count). The van der Waals surface area contributed by atoms with Crippen LogP contribution in [0.2, 0.25) is 0 Å². The zero-order valence-electron chi connectivity index (χ0n) is 8.05. The van der Waals surface area contributed by atoms with Gasteiger partial charge in [-0.15, -0.1) is 0 Å². The van der Waals surface area contributed by atoms with Gasteiger partial charge in [0, 0.05) is 19.2 Å². The van der Waals surface area contributed by atoms with E-state index in [2.05, 4.69) is 32.3 Å². The second-order valence-corrected chi connectivity index (χ2v) is 3.89. The Morgan fingerprint density at radius 1 is 1.64 bits per heavy atom. The Kier molecular flexibility index (Phi) is 4.41. The summed E-state index contributed by atoms with van der Waals surface area (Å²) in [7, 11) is 0. The van der Waals surface area contributed by atoms with Crippen LogP contribution in [0.15, 0.2) is 16.7 Å². The number of aryl methyl sites for hydroxylation is 1. The first kappa shape index (κ1) is 11.0. The molecule has 0 fully saturated rings. The molecule has 4 heteroatoms. The molecular weight excluding hydrogens is 242 g/mol. The highest BCUT2D eigenvalue weighted by molar-refractivity contribution is 9.10. The minimum atomic E-state index is 0.580. The standard InChI is InChI=1S/C10H12BrN3/c1-8-6-9(11)10(14-7-8)13-5-3-2-4-12/h6-7H,2-3,5H2,1H3,(H,13,14). The maximum absolute atomic E-state index is 8.35. The number of nitrogens with one attached hydrogen (secondary N) is 1. The molecule has 0 bridgehead atoms. The van der Waals surface area contributed by atoms with Crippen LogP contribution in [0.3, 0.4) is 0 Å². The molecular formula is C10H12BrN3. The fourth-order valence-electron chi connectivity index (χ4n) is 1.04. The van der Waals surface area contributed by atoms with Gasteiger partial charge in [-0.2, -0.15) is 5.26 Å². The predicted molar refractivity (Wildman–Crippen MR) is 60.0 cm³/mol. The quantitative estimate of drug-likeness (QED) is 0.840. The number of nitriles is 1. The third-order valence-electron chi connectivity index (χ3n) is 1.74. The Hall–Kier alpha value is -1.08. The summed E-state index contributed by atoms with van der Waals surface area (Å²) in [6.45, 7) is 2.78. The van der Waals surface area contributed by atoms with Gasteiger partial charge in [-0.25, -0.2) is 4.98 Å². The normalized spacial score (nSPS) is 9.50. The number of rotatable bonds is 4. The Morgan fingerprint density at radius 3 is 3.07 bits per heavy atom. The number of unbranched alkanes of at least 4 members (excludes halogenated alkanes) is 1. The molecule has 0 amide bonds. The summed E-state index contributed by atoms with van der Waals surface area (Å²) in [6.07, 6.45) is 3.24. The fourth-order valence-corrected chi connectivity index (χ4v) is 1.64.